The maximum atomic E-state index is 6.29. The quantitative estimate of drug-likeness (QED) is 0.795. The van der Waals surface area contributed by atoms with Crippen molar-refractivity contribution < 1.29 is 0 Å². The molecule has 2 aliphatic rings. The van der Waals surface area contributed by atoms with Crippen molar-refractivity contribution >= 4 is 0 Å². The smallest absolute Gasteiger partial charge is 0.0337 e. The standard InChI is InChI=1S/C17H34N2/c1-13(2)16-6-5-9-17(10-16,12-18)19(14(3)4)11-15-7-8-15/h13-16H,5-12,18H2,1-4H3. The second-order valence-electron chi connectivity index (χ2n) is 7.72. The van der Waals surface area contributed by atoms with Crippen molar-refractivity contribution in [1.29, 1.82) is 0 Å². The van der Waals surface area contributed by atoms with Gasteiger partial charge in [0, 0.05) is 24.7 Å². The highest BCUT2D eigenvalue weighted by molar-refractivity contribution is 4.99. The number of hydrogen-bond donors (Lipinski definition) is 1. The third-order valence-electron chi connectivity index (χ3n) is 5.57. The lowest BCUT2D eigenvalue weighted by Crippen LogP contribution is -2.59. The number of rotatable bonds is 6. The van der Waals surface area contributed by atoms with E-state index in [1.165, 1.54) is 45.1 Å². The third kappa shape index (κ3) is 3.52. The molecule has 0 spiro atoms. The van der Waals surface area contributed by atoms with Crippen LogP contribution < -0.4 is 5.73 Å². The Morgan fingerprint density at radius 1 is 1.16 bits per heavy atom. The van der Waals surface area contributed by atoms with E-state index in [2.05, 4.69) is 32.6 Å². The third-order valence-corrected chi connectivity index (χ3v) is 5.57. The molecule has 0 heterocycles. The topological polar surface area (TPSA) is 29.3 Å². The lowest BCUT2D eigenvalue weighted by Gasteiger charge is -2.51. The summed E-state index contributed by atoms with van der Waals surface area (Å²) in [5.74, 6) is 2.64. The fourth-order valence-corrected chi connectivity index (χ4v) is 4.05. The predicted molar refractivity (Wildman–Crippen MR) is 83.1 cm³/mol. The van der Waals surface area contributed by atoms with Gasteiger partial charge in [0.1, 0.15) is 0 Å². The lowest BCUT2D eigenvalue weighted by atomic mass is 9.70. The van der Waals surface area contributed by atoms with Crippen LogP contribution in [0.1, 0.15) is 66.2 Å². The van der Waals surface area contributed by atoms with Crippen LogP contribution in [-0.4, -0.2) is 29.6 Å². The predicted octanol–water partition coefficient (Wildman–Crippen LogP) is 3.65. The zero-order chi connectivity index (χ0) is 14.0. The summed E-state index contributed by atoms with van der Waals surface area (Å²) in [7, 11) is 0. The summed E-state index contributed by atoms with van der Waals surface area (Å²) in [5.41, 5.74) is 6.59. The minimum atomic E-state index is 0.296. The molecule has 2 saturated carbocycles. The zero-order valence-corrected chi connectivity index (χ0v) is 13.5. The first-order valence-corrected chi connectivity index (χ1v) is 8.45. The second-order valence-corrected chi connectivity index (χ2v) is 7.72. The summed E-state index contributed by atoms with van der Waals surface area (Å²) in [6.07, 6.45) is 8.31. The van der Waals surface area contributed by atoms with E-state index in [1.807, 2.05) is 0 Å². The largest absolute Gasteiger partial charge is 0.329 e. The van der Waals surface area contributed by atoms with Crippen LogP contribution in [0, 0.1) is 17.8 Å². The molecule has 0 aromatic carbocycles. The van der Waals surface area contributed by atoms with Gasteiger partial charge < -0.3 is 5.73 Å². The Bertz CT molecular complexity index is 283. The molecule has 2 atom stereocenters. The Labute approximate surface area is 120 Å². The van der Waals surface area contributed by atoms with Crippen molar-refractivity contribution in [1.82, 2.24) is 4.90 Å². The molecular formula is C17H34N2. The molecule has 0 radical (unpaired) electrons. The highest BCUT2D eigenvalue weighted by Gasteiger charge is 2.43. The molecule has 2 rings (SSSR count). The maximum absolute atomic E-state index is 6.29. The number of nitrogens with zero attached hydrogens (tertiary/aromatic N) is 1. The van der Waals surface area contributed by atoms with E-state index in [1.54, 1.807) is 0 Å². The summed E-state index contributed by atoms with van der Waals surface area (Å²) < 4.78 is 0. The first-order chi connectivity index (χ1) is 8.98. The van der Waals surface area contributed by atoms with Crippen molar-refractivity contribution in [2.75, 3.05) is 13.1 Å². The molecule has 0 aliphatic heterocycles. The Morgan fingerprint density at radius 3 is 2.32 bits per heavy atom. The van der Waals surface area contributed by atoms with E-state index < -0.39 is 0 Å². The Kier molecular flexibility index (Phi) is 4.94. The van der Waals surface area contributed by atoms with Crippen molar-refractivity contribution in [2.45, 2.75) is 77.8 Å². The molecule has 2 N–H and O–H groups in total. The van der Waals surface area contributed by atoms with E-state index in [0.29, 0.717) is 11.6 Å². The molecule has 0 amide bonds. The van der Waals surface area contributed by atoms with Gasteiger partial charge in [-0.2, -0.15) is 0 Å². The molecule has 2 heteroatoms. The van der Waals surface area contributed by atoms with Crippen LogP contribution in [0.2, 0.25) is 0 Å². The minimum Gasteiger partial charge on any atom is -0.329 e. The highest BCUT2D eigenvalue weighted by atomic mass is 15.2. The van der Waals surface area contributed by atoms with Gasteiger partial charge in [-0.3, -0.25) is 4.90 Å². The summed E-state index contributed by atoms with van der Waals surface area (Å²) in [6.45, 7) is 11.6. The van der Waals surface area contributed by atoms with Gasteiger partial charge in [-0.05, 0) is 57.3 Å². The molecule has 2 aliphatic carbocycles. The molecule has 0 bridgehead atoms. The molecule has 2 unspecified atom stereocenters. The van der Waals surface area contributed by atoms with Gasteiger partial charge in [0.05, 0.1) is 0 Å². The van der Waals surface area contributed by atoms with Gasteiger partial charge >= 0.3 is 0 Å². The Morgan fingerprint density at radius 2 is 1.84 bits per heavy atom. The van der Waals surface area contributed by atoms with Crippen molar-refractivity contribution in [2.24, 2.45) is 23.5 Å². The van der Waals surface area contributed by atoms with Gasteiger partial charge in [-0.15, -0.1) is 0 Å². The summed E-state index contributed by atoms with van der Waals surface area (Å²) in [5, 5.41) is 0. The molecule has 112 valence electrons. The Balaban J connectivity index is 2.12. The van der Waals surface area contributed by atoms with Crippen molar-refractivity contribution in [3.63, 3.8) is 0 Å². The summed E-state index contributed by atoms with van der Waals surface area (Å²) in [6, 6.07) is 0.634. The van der Waals surface area contributed by atoms with Gasteiger partial charge in [0.25, 0.3) is 0 Å². The number of hydrogen-bond acceptors (Lipinski definition) is 2. The summed E-state index contributed by atoms with van der Waals surface area (Å²) >= 11 is 0. The Hall–Kier alpha value is -0.0800. The monoisotopic (exact) mass is 266 g/mol. The SMILES string of the molecule is CC(C)C1CCCC(CN)(N(CC2CC2)C(C)C)C1. The normalized spacial score (nSPS) is 32.5. The zero-order valence-electron chi connectivity index (χ0n) is 13.5. The number of nitrogens with two attached hydrogens (primary N) is 1. The van der Waals surface area contributed by atoms with Crippen LogP contribution in [-0.2, 0) is 0 Å². The van der Waals surface area contributed by atoms with Crippen LogP contribution in [0.4, 0.5) is 0 Å². The molecule has 0 saturated heterocycles. The maximum Gasteiger partial charge on any atom is 0.0337 e. The second kappa shape index (κ2) is 6.13. The van der Waals surface area contributed by atoms with Crippen LogP contribution in [0.3, 0.4) is 0 Å². The molecule has 0 aromatic heterocycles. The van der Waals surface area contributed by atoms with Crippen molar-refractivity contribution in [3.05, 3.63) is 0 Å². The van der Waals surface area contributed by atoms with Crippen LogP contribution >= 0.6 is 0 Å². The van der Waals surface area contributed by atoms with Gasteiger partial charge in [-0.1, -0.05) is 26.7 Å². The molecule has 2 fully saturated rings. The van der Waals surface area contributed by atoms with E-state index in [-0.39, 0.29) is 0 Å². The van der Waals surface area contributed by atoms with Crippen LogP contribution in [0.15, 0.2) is 0 Å². The summed E-state index contributed by atoms with van der Waals surface area (Å²) in [4.78, 5) is 2.78. The molecule has 19 heavy (non-hydrogen) atoms. The first-order valence-electron chi connectivity index (χ1n) is 8.45. The van der Waals surface area contributed by atoms with Crippen LogP contribution in [0.25, 0.3) is 0 Å². The van der Waals surface area contributed by atoms with E-state index in [9.17, 15) is 0 Å². The van der Waals surface area contributed by atoms with E-state index in [4.69, 9.17) is 5.73 Å². The van der Waals surface area contributed by atoms with Gasteiger partial charge in [0.15, 0.2) is 0 Å². The molecule has 0 aromatic rings. The van der Waals surface area contributed by atoms with Gasteiger partial charge in [0.2, 0.25) is 0 Å². The average Bonchev–Trinajstić information content (AvgIpc) is 3.19. The average molecular weight is 266 g/mol. The highest BCUT2D eigenvalue weighted by Crippen LogP contribution is 2.42. The van der Waals surface area contributed by atoms with E-state index in [0.717, 1.165) is 24.3 Å². The first kappa shape index (κ1) is 15.3. The van der Waals surface area contributed by atoms with Gasteiger partial charge in [-0.25, -0.2) is 0 Å². The molecular weight excluding hydrogens is 232 g/mol. The van der Waals surface area contributed by atoms with Crippen molar-refractivity contribution in [3.8, 4) is 0 Å². The molecule has 2 nitrogen and oxygen atoms in total. The fourth-order valence-electron chi connectivity index (χ4n) is 4.05. The van der Waals surface area contributed by atoms with E-state index >= 15 is 0 Å². The van der Waals surface area contributed by atoms with Crippen LogP contribution in [0.5, 0.6) is 0 Å². The lowest BCUT2D eigenvalue weighted by molar-refractivity contribution is 0.000244. The fraction of sp³-hybridized carbons (Fsp3) is 1.00. The minimum absolute atomic E-state index is 0.296.